The van der Waals surface area contributed by atoms with Crippen molar-refractivity contribution in [2.45, 2.75) is 25.0 Å². The molecular weight excluding hydrogens is 277 g/mol. The molecule has 2 aromatic rings. The van der Waals surface area contributed by atoms with Crippen molar-refractivity contribution in [2.24, 2.45) is 5.73 Å². The van der Waals surface area contributed by atoms with Gasteiger partial charge in [-0.15, -0.1) is 0 Å². The molecule has 2 aromatic carbocycles. The molecule has 1 aliphatic rings. The van der Waals surface area contributed by atoms with Crippen LogP contribution >= 0.6 is 11.6 Å². The molecule has 0 heterocycles. The van der Waals surface area contributed by atoms with E-state index in [0.717, 1.165) is 24.2 Å². The van der Waals surface area contributed by atoms with Crippen LogP contribution in [0.25, 0.3) is 0 Å². The highest BCUT2D eigenvalue weighted by Crippen LogP contribution is 2.32. The van der Waals surface area contributed by atoms with E-state index < -0.39 is 11.9 Å². The molecule has 1 unspecified atom stereocenters. The van der Waals surface area contributed by atoms with Crippen molar-refractivity contribution in [1.29, 1.82) is 0 Å². The van der Waals surface area contributed by atoms with Crippen LogP contribution in [0.2, 0.25) is 5.02 Å². The molecule has 0 bridgehead atoms. The predicted octanol–water partition coefficient (Wildman–Crippen LogP) is 4.07. The molecule has 4 heteroatoms. The van der Waals surface area contributed by atoms with E-state index in [1.807, 2.05) is 24.3 Å². The van der Waals surface area contributed by atoms with E-state index in [2.05, 4.69) is 0 Å². The Morgan fingerprint density at radius 3 is 2.65 bits per heavy atom. The molecule has 104 valence electrons. The number of nitrogens with two attached hydrogens (primary N) is 1. The van der Waals surface area contributed by atoms with Crippen molar-refractivity contribution in [1.82, 2.24) is 0 Å². The maximum absolute atomic E-state index is 13.9. The van der Waals surface area contributed by atoms with E-state index in [1.165, 1.54) is 6.07 Å². The second-order valence-corrected chi connectivity index (χ2v) is 5.41. The highest BCUT2D eigenvalue weighted by Gasteiger charge is 2.24. The minimum atomic E-state index is -0.605. The highest BCUT2D eigenvalue weighted by molar-refractivity contribution is 6.31. The fraction of sp³-hybridized carbons (Fsp3) is 0.250. The third-order valence-electron chi connectivity index (χ3n) is 3.36. The van der Waals surface area contributed by atoms with Crippen LogP contribution in [0.3, 0.4) is 0 Å². The third-order valence-corrected chi connectivity index (χ3v) is 3.68. The third kappa shape index (κ3) is 2.79. The maximum Gasteiger partial charge on any atom is 0.129 e. The monoisotopic (exact) mass is 291 g/mol. The molecule has 3 rings (SSSR count). The van der Waals surface area contributed by atoms with Gasteiger partial charge in [0.1, 0.15) is 11.6 Å². The van der Waals surface area contributed by atoms with Gasteiger partial charge in [-0.25, -0.2) is 4.39 Å². The molecule has 0 radical (unpaired) electrons. The molecule has 0 spiro atoms. The van der Waals surface area contributed by atoms with Gasteiger partial charge < -0.3 is 10.5 Å². The van der Waals surface area contributed by atoms with Gasteiger partial charge in [0.05, 0.1) is 12.1 Å². The molecule has 0 saturated heterocycles. The molecule has 1 aliphatic carbocycles. The first kappa shape index (κ1) is 13.4. The smallest absolute Gasteiger partial charge is 0.129 e. The standard InChI is InChI=1S/C16H15ClFNO/c17-13-5-2-6-14(18)15(13)16(19)10-3-1-4-12(9-10)20-11-7-8-11/h1-6,9,11,16H,7-8,19H2. The fourth-order valence-corrected chi connectivity index (χ4v) is 2.41. The van der Waals surface area contributed by atoms with Gasteiger partial charge in [-0.1, -0.05) is 29.8 Å². The van der Waals surface area contributed by atoms with Gasteiger partial charge >= 0.3 is 0 Å². The van der Waals surface area contributed by atoms with Gasteiger partial charge in [0.25, 0.3) is 0 Å². The van der Waals surface area contributed by atoms with Gasteiger partial charge in [0.15, 0.2) is 0 Å². The largest absolute Gasteiger partial charge is 0.490 e. The van der Waals surface area contributed by atoms with E-state index in [9.17, 15) is 4.39 Å². The molecule has 0 aromatic heterocycles. The van der Waals surface area contributed by atoms with Crippen LogP contribution in [0, 0.1) is 5.82 Å². The first-order valence-electron chi connectivity index (χ1n) is 6.61. The molecular formula is C16H15ClFNO. The van der Waals surface area contributed by atoms with E-state index in [-0.39, 0.29) is 0 Å². The van der Waals surface area contributed by atoms with Gasteiger partial charge in [-0.3, -0.25) is 0 Å². The van der Waals surface area contributed by atoms with Crippen LogP contribution < -0.4 is 10.5 Å². The predicted molar refractivity (Wildman–Crippen MR) is 77.5 cm³/mol. The van der Waals surface area contributed by atoms with Gasteiger partial charge in [0, 0.05) is 10.6 Å². The quantitative estimate of drug-likeness (QED) is 0.921. The Morgan fingerprint density at radius 1 is 1.20 bits per heavy atom. The Bertz CT molecular complexity index is 607. The minimum Gasteiger partial charge on any atom is -0.490 e. The lowest BCUT2D eigenvalue weighted by molar-refractivity contribution is 0.303. The molecule has 1 saturated carbocycles. The summed E-state index contributed by atoms with van der Waals surface area (Å²) in [6.07, 6.45) is 2.50. The summed E-state index contributed by atoms with van der Waals surface area (Å²) in [5.41, 5.74) is 7.26. The number of rotatable bonds is 4. The Hall–Kier alpha value is -1.58. The molecule has 1 fully saturated rings. The molecule has 2 N–H and O–H groups in total. The molecule has 2 nitrogen and oxygen atoms in total. The summed E-state index contributed by atoms with van der Waals surface area (Å²) in [7, 11) is 0. The summed E-state index contributed by atoms with van der Waals surface area (Å²) in [4.78, 5) is 0. The summed E-state index contributed by atoms with van der Waals surface area (Å²) in [5, 5.41) is 0.339. The average molecular weight is 292 g/mol. The minimum absolute atomic E-state index is 0.317. The summed E-state index contributed by atoms with van der Waals surface area (Å²) in [5.74, 6) is 0.381. The summed E-state index contributed by atoms with van der Waals surface area (Å²) in [6, 6.07) is 11.4. The van der Waals surface area contributed by atoms with Crippen molar-refractivity contribution >= 4 is 11.6 Å². The lowest BCUT2D eigenvalue weighted by Gasteiger charge is -2.16. The molecule has 0 aliphatic heterocycles. The van der Waals surface area contributed by atoms with Crippen molar-refractivity contribution in [3.8, 4) is 5.75 Å². The summed E-state index contributed by atoms with van der Waals surface area (Å²) in [6.45, 7) is 0. The Morgan fingerprint density at radius 2 is 1.95 bits per heavy atom. The van der Waals surface area contributed by atoms with E-state index >= 15 is 0 Å². The number of ether oxygens (including phenoxy) is 1. The Balaban J connectivity index is 1.91. The normalized spacial score (nSPS) is 15.9. The highest BCUT2D eigenvalue weighted by atomic mass is 35.5. The lowest BCUT2D eigenvalue weighted by atomic mass is 9.99. The number of hydrogen-bond acceptors (Lipinski definition) is 2. The zero-order valence-electron chi connectivity index (χ0n) is 10.9. The van der Waals surface area contributed by atoms with Crippen LogP contribution in [-0.4, -0.2) is 6.10 Å². The molecule has 0 amide bonds. The SMILES string of the molecule is NC(c1cccc(OC2CC2)c1)c1c(F)cccc1Cl. The van der Waals surface area contributed by atoms with Crippen molar-refractivity contribution in [3.63, 3.8) is 0 Å². The second-order valence-electron chi connectivity index (χ2n) is 5.00. The first-order valence-corrected chi connectivity index (χ1v) is 6.99. The van der Waals surface area contributed by atoms with Crippen LogP contribution in [0.5, 0.6) is 5.75 Å². The van der Waals surface area contributed by atoms with Crippen LogP contribution in [0.1, 0.15) is 30.0 Å². The zero-order valence-corrected chi connectivity index (χ0v) is 11.6. The van der Waals surface area contributed by atoms with Crippen molar-refractivity contribution < 1.29 is 9.13 Å². The number of halogens is 2. The van der Waals surface area contributed by atoms with E-state index in [1.54, 1.807) is 12.1 Å². The Kier molecular flexibility index (Phi) is 3.64. The van der Waals surface area contributed by atoms with Gasteiger partial charge in [-0.2, -0.15) is 0 Å². The van der Waals surface area contributed by atoms with Gasteiger partial charge in [0.2, 0.25) is 0 Å². The lowest BCUT2D eigenvalue weighted by Crippen LogP contribution is -2.14. The number of hydrogen-bond donors (Lipinski definition) is 1. The van der Waals surface area contributed by atoms with E-state index in [0.29, 0.717) is 16.7 Å². The number of benzene rings is 2. The summed E-state index contributed by atoms with van der Waals surface area (Å²) >= 11 is 6.06. The molecule has 20 heavy (non-hydrogen) atoms. The second kappa shape index (κ2) is 5.43. The fourth-order valence-electron chi connectivity index (χ4n) is 2.13. The first-order chi connectivity index (χ1) is 9.65. The van der Waals surface area contributed by atoms with E-state index in [4.69, 9.17) is 22.1 Å². The topological polar surface area (TPSA) is 35.2 Å². The zero-order chi connectivity index (χ0) is 14.1. The van der Waals surface area contributed by atoms with Crippen LogP contribution in [0.15, 0.2) is 42.5 Å². The van der Waals surface area contributed by atoms with Crippen LogP contribution in [0.4, 0.5) is 4.39 Å². The van der Waals surface area contributed by atoms with Crippen LogP contribution in [-0.2, 0) is 0 Å². The van der Waals surface area contributed by atoms with Gasteiger partial charge in [-0.05, 0) is 42.7 Å². The summed E-state index contributed by atoms with van der Waals surface area (Å²) < 4.78 is 19.6. The maximum atomic E-state index is 13.9. The van der Waals surface area contributed by atoms with Crippen molar-refractivity contribution in [3.05, 3.63) is 64.4 Å². The van der Waals surface area contributed by atoms with Crippen molar-refractivity contribution in [2.75, 3.05) is 0 Å². The average Bonchev–Trinajstić information content (AvgIpc) is 3.22. The Labute approximate surface area is 122 Å². The molecule has 1 atom stereocenters.